The molecule has 0 radical (unpaired) electrons. The number of carbonyl (C=O) groups is 2. The number of hydrogen-bond acceptors (Lipinski definition) is 5. The van der Waals surface area contributed by atoms with Gasteiger partial charge in [0.2, 0.25) is 5.91 Å². The molecule has 2 saturated heterocycles. The van der Waals surface area contributed by atoms with Crippen LogP contribution in [-0.2, 0) is 20.7 Å². The summed E-state index contributed by atoms with van der Waals surface area (Å²) in [4.78, 5) is 25.4. The molecule has 3 aliphatic heterocycles. The second-order valence-electron chi connectivity index (χ2n) is 8.58. The number of amides is 2. The molecule has 0 spiro atoms. The van der Waals surface area contributed by atoms with Crippen LogP contribution in [0.15, 0.2) is 12.1 Å². The van der Waals surface area contributed by atoms with Gasteiger partial charge in [0.1, 0.15) is 35.5 Å². The zero-order valence-corrected chi connectivity index (χ0v) is 16.3. The summed E-state index contributed by atoms with van der Waals surface area (Å²) in [6.45, 7) is 6.85. The fourth-order valence-corrected chi connectivity index (χ4v) is 3.74. The summed E-state index contributed by atoms with van der Waals surface area (Å²) in [6, 6.07) is 2.89. The van der Waals surface area contributed by atoms with Crippen molar-refractivity contribution in [2.45, 2.75) is 57.3 Å². The van der Waals surface area contributed by atoms with Gasteiger partial charge >= 0.3 is 6.09 Å². The first kappa shape index (κ1) is 19.0. The minimum absolute atomic E-state index is 0.0928. The summed E-state index contributed by atoms with van der Waals surface area (Å²) in [5.41, 5.74) is -0.0628. The van der Waals surface area contributed by atoms with E-state index in [1.807, 2.05) is 20.8 Å². The molecule has 2 amide bonds. The SMILES string of the molecule is CC(C)(C)OC(=O)N1CC[C@@]2(COc3ccc(F)c4c3CCC(=O)N4)O[C@H]2C1. The molecular weight excluding hydrogens is 367 g/mol. The molecule has 28 heavy (non-hydrogen) atoms. The molecule has 7 nitrogen and oxygen atoms in total. The monoisotopic (exact) mass is 392 g/mol. The quantitative estimate of drug-likeness (QED) is 0.800. The van der Waals surface area contributed by atoms with Crippen molar-refractivity contribution in [2.75, 3.05) is 25.0 Å². The molecule has 2 fully saturated rings. The Morgan fingerprint density at radius 2 is 2.18 bits per heavy atom. The van der Waals surface area contributed by atoms with Crippen LogP contribution in [0.1, 0.15) is 39.2 Å². The predicted octanol–water partition coefficient (Wildman–Crippen LogP) is 2.87. The second kappa shape index (κ2) is 6.62. The van der Waals surface area contributed by atoms with Crippen LogP contribution in [0.25, 0.3) is 0 Å². The van der Waals surface area contributed by atoms with E-state index in [2.05, 4.69) is 5.32 Å². The number of piperidine rings is 1. The molecule has 0 aliphatic carbocycles. The Hall–Kier alpha value is -2.35. The molecule has 3 aliphatic rings. The first-order valence-corrected chi connectivity index (χ1v) is 9.57. The third-order valence-corrected chi connectivity index (χ3v) is 5.31. The van der Waals surface area contributed by atoms with Gasteiger partial charge < -0.3 is 24.4 Å². The van der Waals surface area contributed by atoms with Gasteiger partial charge in [0.15, 0.2) is 0 Å². The Labute approximate surface area is 163 Å². The number of carbonyl (C=O) groups excluding carboxylic acids is 2. The van der Waals surface area contributed by atoms with Crippen LogP contribution in [-0.4, -0.2) is 53.9 Å². The number of likely N-dealkylation sites (tertiary alicyclic amines) is 1. The predicted molar refractivity (Wildman–Crippen MR) is 98.9 cm³/mol. The largest absolute Gasteiger partial charge is 0.490 e. The summed E-state index contributed by atoms with van der Waals surface area (Å²) in [5, 5.41) is 2.58. The van der Waals surface area contributed by atoms with Crippen LogP contribution in [0.2, 0.25) is 0 Å². The Bertz CT molecular complexity index is 822. The lowest BCUT2D eigenvalue weighted by Crippen LogP contribution is -2.46. The van der Waals surface area contributed by atoms with Crippen molar-refractivity contribution in [2.24, 2.45) is 0 Å². The van der Waals surface area contributed by atoms with Crippen LogP contribution in [0.4, 0.5) is 14.9 Å². The van der Waals surface area contributed by atoms with Crippen LogP contribution in [0, 0.1) is 5.82 Å². The van der Waals surface area contributed by atoms with Crippen molar-refractivity contribution in [3.63, 3.8) is 0 Å². The van der Waals surface area contributed by atoms with Crippen molar-refractivity contribution in [3.8, 4) is 5.75 Å². The highest BCUT2D eigenvalue weighted by Crippen LogP contribution is 2.45. The Balaban J connectivity index is 1.37. The van der Waals surface area contributed by atoms with Crippen molar-refractivity contribution >= 4 is 17.7 Å². The van der Waals surface area contributed by atoms with Gasteiger partial charge in [0, 0.05) is 24.9 Å². The highest BCUT2D eigenvalue weighted by atomic mass is 19.1. The Kier molecular flexibility index (Phi) is 4.49. The number of epoxide rings is 1. The number of rotatable bonds is 3. The Morgan fingerprint density at radius 1 is 1.39 bits per heavy atom. The molecule has 152 valence electrons. The maximum absolute atomic E-state index is 14.0. The highest BCUT2D eigenvalue weighted by molar-refractivity contribution is 5.94. The van der Waals surface area contributed by atoms with Crippen molar-refractivity contribution in [3.05, 3.63) is 23.5 Å². The van der Waals surface area contributed by atoms with E-state index in [0.717, 1.165) is 0 Å². The lowest BCUT2D eigenvalue weighted by molar-refractivity contribution is -0.116. The molecule has 2 atom stereocenters. The van der Waals surface area contributed by atoms with Gasteiger partial charge in [-0.3, -0.25) is 4.79 Å². The molecule has 0 aromatic heterocycles. The van der Waals surface area contributed by atoms with Gasteiger partial charge in [0.05, 0.1) is 12.2 Å². The van der Waals surface area contributed by atoms with Gasteiger partial charge in [-0.25, -0.2) is 9.18 Å². The van der Waals surface area contributed by atoms with Crippen LogP contribution in [0.3, 0.4) is 0 Å². The number of nitrogens with one attached hydrogen (secondary N) is 1. The van der Waals surface area contributed by atoms with Crippen molar-refractivity contribution in [1.29, 1.82) is 0 Å². The molecule has 3 heterocycles. The van der Waals surface area contributed by atoms with Crippen molar-refractivity contribution in [1.82, 2.24) is 4.90 Å². The molecule has 1 aromatic rings. The zero-order valence-electron chi connectivity index (χ0n) is 16.3. The minimum Gasteiger partial charge on any atom is -0.490 e. The van der Waals surface area contributed by atoms with E-state index in [1.54, 1.807) is 11.0 Å². The first-order chi connectivity index (χ1) is 13.2. The zero-order chi connectivity index (χ0) is 20.1. The fraction of sp³-hybridized carbons (Fsp3) is 0.600. The van der Waals surface area contributed by atoms with Crippen LogP contribution < -0.4 is 10.1 Å². The van der Waals surface area contributed by atoms with Crippen molar-refractivity contribution < 1.29 is 28.2 Å². The number of ether oxygens (including phenoxy) is 3. The van der Waals surface area contributed by atoms with Gasteiger partial charge in [-0.15, -0.1) is 0 Å². The average molecular weight is 392 g/mol. The lowest BCUT2D eigenvalue weighted by Gasteiger charge is -2.31. The molecule has 8 heteroatoms. The topological polar surface area (TPSA) is 80.4 Å². The summed E-state index contributed by atoms with van der Waals surface area (Å²) in [5.74, 6) is -0.0865. The number of fused-ring (bicyclic) bond motifs is 2. The highest BCUT2D eigenvalue weighted by Gasteiger charge is 2.60. The van der Waals surface area contributed by atoms with E-state index in [0.29, 0.717) is 50.3 Å². The second-order valence-corrected chi connectivity index (χ2v) is 8.58. The van der Waals surface area contributed by atoms with Gasteiger partial charge in [-0.05, 0) is 39.3 Å². The molecule has 0 bridgehead atoms. The number of halogens is 1. The number of hydrogen-bond donors (Lipinski definition) is 1. The molecular formula is C20H25FN2O5. The van der Waals surface area contributed by atoms with Gasteiger partial charge in [0.25, 0.3) is 0 Å². The van der Waals surface area contributed by atoms with E-state index < -0.39 is 17.0 Å². The van der Waals surface area contributed by atoms with E-state index in [9.17, 15) is 14.0 Å². The molecule has 1 aromatic carbocycles. The lowest BCUT2D eigenvalue weighted by atomic mass is 9.97. The normalized spacial score (nSPS) is 26.1. The van der Waals surface area contributed by atoms with Gasteiger partial charge in [-0.1, -0.05) is 0 Å². The standard InChI is InChI=1S/C20H25FN2O5/c1-19(2,3)28-18(25)23-9-8-20(15(10-23)27-20)11-26-14-6-5-13(21)17-12(14)4-7-16(24)22-17/h5-6,15H,4,7-11H2,1-3H3,(H,22,24)/t15-,20-/m0/s1. The Morgan fingerprint density at radius 3 is 2.89 bits per heavy atom. The summed E-state index contributed by atoms with van der Waals surface area (Å²) < 4.78 is 31.3. The summed E-state index contributed by atoms with van der Waals surface area (Å²) >= 11 is 0. The van der Waals surface area contributed by atoms with Crippen LogP contribution >= 0.6 is 0 Å². The smallest absolute Gasteiger partial charge is 0.410 e. The van der Waals surface area contributed by atoms with E-state index in [-0.39, 0.29) is 23.8 Å². The number of anilines is 1. The third-order valence-electron chi connectivity index (χ3n) is 5.31. The van der Waals surface area contributed by atoms with E-state index in [1.165, 1.54) is 6.07 Å². The average Bonchev–Trinajstić information content (AvgIpc) is 3.34. The van der Waals surface area contributed by atoms with E-state index >= 15 is 0 Å². The van der Waals surface area contributed by atoms with Gasteiger partial charge in [-0.2, -0.15) is 0 Å². The molecule has 0 unspecified atom stereocenters. The summed E-state index contributed by atoms with van der Waals surface area (Å²) in [7, 11) is 0. The first-order valence-electron chi connectivity index (χ1n) is 9.57. The maximum atomic E-state index is 14.0. The number of nitrogens with zero attached hydrogens (tertiary/aromatic N) is 1. The molecule has 0 saturated carbocycles. The molecule has 4 rings (SSSR count). The maximum Gasteiger partial charge on any atom is 0.410 e. The minimum atomic E-state index is -0.532. The number of benzene rings is 1. The summed E-state index contributed by atoms with van der Waals surface area (Å²) in [6.07, 6.45) is 0.974. The van der Waals surface area contributed by atoms with E-state index in [4.69, 9.17) is 14.2 Å². The van der Waals surface area contributed by atoms with Crippen LogP contribution in [0.5, 0.6) is 5.75 Å². The third kappa shape index (κ3) is 3.65. The fourth-order valence-electron chi connectivity index (χ4n) is 3.74. The molecule has 1 N–H and O–H groups in total.